The van der Waals surface area contributed by atoms with Gasteiger partial charge in [-0.25, -0.2) is 4.98 Å². The number of carbonyl (C=O) groups excluding carboxylic acids is 1. The quantitative estimate of drug-likeness (QED) is 0.731. The summed E-state index contributed by atoms with van der Waals surface area (Å²) in [6.07, 6.45) is 6.84. The third-order valence-corrected chi connectivity index (χ3v) is 4.00. The first-order valence-electron chi connectivity index (χ1n) is 6.83. The lowest BCUT2D eigenvalue weighted by molar-refractivity contribution is -0.111. The van der Waals surface area contributed by atoms with Crippen molar-refractivity contribution in [3.05, 3.63) is 47.7 Å². The lowest BCUT2D eigenvalue weighted by Gasteiger charge is -2.09. The van der Waals surface area contributed by atoms with Crippen LogP contribution in [0.4, 0.5) is 5.69 Å². The van der Waals surface area contributed by atoms with Crippen molar-refractivity contribution in [2.75, 3.05) is 19.5 Å². The molecule has 0 saturated carbocycles. The van der Waals surface area contributed by atoms with Gasteiger partial charge in [-0.2, -0.15) is 0 Å². The Morgan fingerprint density at radius 2 is 2.13 bits per heavy atom. The van der Waals surface area contributed by atoms with E-state index >= 15 is 0 Å². The van der Waals surface area contributed by atoms with Gasteiger partial charge in [0.2, 0.25) is 5.91 Å². The number of thiazole rings is 1. The Bertz CT molecular complexity index is 866. The van der Waals surface area contributed by atoms with E-state index in [2.05, 4.69) is 10.3 Å². The average molecular weight is 329 g/mol. The van der Waals surface area contributed by atoms with Crippen LogP contribution in [0.25, 0.3) is 11.0 Å². The van der Waals surface area contributed by atoms with Crippen LogP contribution in [0.1, 0.15) is 5.69 Å². The Kier molecular flexibility index (Phi) is 4.29. The molecule has 0 aliphatic heterocycles. The number of carbonyl (C=O) groups is 1. The lowest BCUT2D eigenvalue weighted by atomic mass is 10.2. The van der Waals surface area contributed by atoms with E-state index in [1.807, 2.05) is 16.0 Å². The molecule has 0 radical (unpaired) electrons. The zero-order valence-electron chi connectivity index (χ0n) is 12.6. The summed E-state index contributed by atoms with van der Waals surface area (Å²) in [7, 11) is 3.12. The molecule has 23 heavy (non-hydrogen) atoms. The summed E-state index contributed by atoms with van der Waals surface area (Å²) in [5, 5.41) is 4.73. The molecule has 2 aromatic heterocycles. The second-order valence-electron chi connectivity index (χ2n) is 4.63. The first-order valence-corrected chi connectivity index (χ1v) is 7.71. The monoisotopic (exact) mass is 329 g/mol. The maximum Gasteiger partial charge on any atom is 0.248 e. The number of amides is 1. The molecule has 0 bridgehead atoms. The van der Waals surface area contributed by atoms with Gasteiger partial charge in [-0.05, 0) is 18.2 Å². The Labute approximate surface area is 137 Å². The third-order valence-electron chi connectivity index (χ3n) is 3.23. The molecule has 118 valence electrons. The number of benzene rings is 1. The topological polar surface area (TPSA) is 64.9 Å². The van der Waals surface area contributed by atoms with E-state index in [9.17, 15) is 4.79 Å². The molecule has 0 saturated heterocycles. The van der Waals surface area contributed by atoms with Crippen molar-refractivity contribution in [3.8, 4) is 11.5 Å². The van der Waals surface area contributed by atoms with Gasteiger partial charge < -0.3 is 14.8 Å². The number of nitrogens with zero attached hydrogens (tertiary/aromatic N) is 2. The minimum atomic E-state index is -0.234. The van der Waals surface area contributed by atoms with Crippen LogP contribution < -0.4 is 14.8 Å². The molecule has 0 spiro atoms. The highest BCUT2D eigenvalue weighted by molar-refractivity contribution is 7.15. The van der Waals surface area contributed by atoms with Crippen LogP contribution in [0.15, 0.2) is 42.0 Å². The van der Waals surface area contributed by atoms with Crippen molar-refractivity contribution in [3.63, 3.8) is 0 Å². The maximum atomic E-state index is 12.0. The van der Waals surface area contributed by atoms with Gasteiger partial charge in [0.1, 0.15) is 0 Å². The molecule has 0 aliphatic rings. The molecule has 6 nitrogen and oxygen atoms in total. The lowest BCUT2D eigenvalue weighted by Crippen LogP contribution is -2.08. The molecular weight excluding hydrogens is 314 g/mol. The molecule has 1 amide bonds. The summed E-state index contributed by atoms with van der Waals surface area (Å²) in [6.45, 7) is 0. The van der Waals surface area contributed by atoms with E-state index in [4.69, 9.17) is 9.47 Å². The van der Waals surface area contributed by atoms with Crippen molar-refractivity contribution in [2.24, 2.45) is 0 Å². The minimum Gasteiger partial charge on any atom is -0.493 e. The Morgan fingerprint density at radius 3 is 2.91 bits per heavy atom. The van der Waals surface area contributed by atoms with Crippen LogP contribution >= 0.6 is 11.3 Å². The van der Waals surface area contributed by atoms with Crippen molar-refractivity contribution in [1.29, 1.82) is 0 Å². The standard InChI is InChI=1S/C16H15N3O3S/c1-21-13-5-3-11(9-14(13)22-2)18-15(20)6-4-12-10-17-16-19(12)7-8-23-16/h3-10H,1-2H3,(H,18,20)/b6-4+. The van der Waals surface area contributed by atoms with Crippen LogP contribution in [0.3, 0.4) is 0 Å². The highest BCUT2D eigenvalue weighted by Crippen LogP contribution is 2.29. The number of aromatic nitrogens is 2. The molecule has 3 rings (SSSR count). The second-order valence-corrected chi connectivity index (χ2v) is 5.50. The Morgan fingerprint density at radius 1 is 1.30 bits per heavy atom. The molecule has 1 aromatic carbocycles. The zero-order chi connectivity index (χ0) is 16.2. The van der Waals surface area contributed by atoms with Crippen LogP contribution in [0.5, 0.6) is 11.5 Å². The minimum absolute atomic E-state index is 0.234. The molecule has 2 heterocycles. The summed E-state index contributed by atoms with van der Waals surface area (Å²) in [4.78, 5) is 17.2. The molecule has 0 aliphatic carbocycles. The van der Waals surface area contributed by atoms with Gasteiger partial charge >= 0.3 is 0 Å². The van der Waals surface area contributed by atoms with Gasteiger partial charge in [-0.15, -0.1) is 11.3 Å². The zero-order valence-corrected chi connectivity index (χ0v) is 13.5. The van der Waals surface area contributed by atoms with Gasteiger partial charge in [0.25, 0.3) is 0 Å². The van der Waals surface area contributed by atoms with Crippen molar-refractivity contribution < 1.29 is 14.3 Å². The number of ether oxygens (including phenoxy) is 2. The normalized spacial score (nSPS) is 11.0. The van der Waals surface area contributed by atoms with Crippen molar-refractivity contribution in [2.45, 2.75) is 0 Å². The molecule has 7 heteroatoms. The van der Waals surface area contributed by atoms with E-state index in [-0.39, 0.29) is 5.91 Å². The highest BCUT2D eigenvalue weighted by Gasteiger charge is 2.06. The van der Waals surface area contributed by atoms with Crippen molar-refractivity contribution in [1.82, 2.24) is 9.38 Å². The Hall–Kier alpha value is -2.80. The van der Waals surface area contributed by atoms with Gasteiger partial charge in [-0.3, -0.25) is 9.20 Å². The second kappa shape index (κ2) is 6.53. The number of hydrogen-bond acceptors (Lipinski definition) is 5. The first kappa shape index (κ1) is 15.1. The Balaban J connectivity index is 1.72. The van der Waals surface area contributed by atoms with E-state index in [0.717, 1.165) is 10.7 Å². The van der Waals surface area contributed by atoms with Crippen LogP contribution in [-0.4, -0.2) is 29.5 Å². The summed E-state index contributed by atoms with van der Waals surface area (Å²) >= 11 is 1.54. The van der Waals surface area contributed by atoms with Crippen LogP contribution in [-0.2, 0) is 4.79 Å². The van der Waals surface area contributed by atoms with Gasteiger partial charge in [0.15, 0.2) is 16.5 Å². The molecule has 3 aromatic rings. The predicted molar refractivity (Wildman–Crippen MR) is 90.3 cm³/mol. The van der Waals surface area contributed by atoms with Gasteiger partial charge in [0.05, 0.1) is 26.1 Å². The molecule has 0 unspecified atom stereocenters. The third kappa shape index (κ3) is 3.19. The largest absolute Gasteiger partial charge is 0.493 e. The number of nitrogens with one attached hydrogen (secondary N) is 1. The van der Waals surface area contributed by atoms with Crippen LogP contribution in [0.2, 0.25) is 0 Å². The molecule has 0 atom stereocenters. The predicted octanol–water partition coefficient (Wildman–Crippen LogP) is 3.06. The van der Waals surface area contributed by atoms with E-state index in [0.29, 0.717) is 17.2 Å². The summed E-state index contributed by atoms with van der Waals surface area (Å²) < 4.78 is 12.3. The fraction of sp³-hybridized carbons (Fsp3) is 0.125. The molecule has 0 fully saturated rings. The number of rotatable bonds is 5. The summed E-state index contributed by atoms with van der Waals surface area (Å²) in [5.41, 5.74) is 1.48. The van der Waals surface area contributed by atoms with Gasteiger partial charge in [-0.1, -0.05) is 0 Å². The summed E-state index contributed by atoms with van der Waals surface area (Å²) in [6, 6.07) is 5.20. The van der Waals surface area contributed by atoms with Gasteiger partial charge in [0, 0.05) is 29.4 Å². The number of imidazole rings is 1. The van der Waals surface area contributed by atoms with E-state index in [1.165, 1.54) is 6.08 Å². The summed E-state index contributed by atoms with van der Waals surface area (Å²) in [5.74, 6) is 0.938. The van der Waals surface area contributed by atoms with Crippen molar-refractivity contribution >= 4 is 34.0 Å². The fourth-order valence-corrected chi connectivity index (χ4v) is 2.83. The maximum absolute atomic E-state index is 12.0. The molecule has 1 N–H and O–H groups in total. The first-order chi connectivity index (χ1) is 11.2. The fourth-order valence-electron chi connectivity index (χ4n) is 2.13. The highest BCUT2D eigenvalue weighted by atomic mass is 32.1. The SMILES string of the molecule is COc1ccc(NC(=O)/C=C/c2cnc3sccn23)cc1OC. The van der Waals surface area contributed by atoms with Crippen LogP contribution in [0, 0.1) is 0 Å². The van der Waals surface area contributed by atoms with E-state index in [1.54, 1.807) is 56.0 Å². The number of anilines is 1. The number of methoxy groups -OCH3 is 2. The average Bonchev–Trinajstić information content (AvgIpc) is 3.16. The molecular formula is C16H15N3O3S. The smallest absolute Gasteiger partial charge is 0.248 e. The number of fused-ring (bicyclic) bond motifs is 1. The van der Waals surface area contributed by atoms with E-state index < -0.39 is 0 Å². The number of hydrogen-bond donors (Lipinski definition) is 1.